The van der Waals surface area contributed by atoms with Crippen LogP contribution in [0.1, 0.15) is 53.4 Å². The molecule has 0 amide bonds. The summed E-state index contributed by atoms with van der Waals surface area (Å²) in [4.78, 5) is 2.49. The minimum absolute atomic E-state index is 0.146. The average Bonchev–Trinajstić information content (AvgIpc) is 3.18. The molecular weight excluding hydrogens is 224 g/mol. The molecule has 0 heterocycles. The summed E-state index contributed by atoms with van der Waals surface area (Å²) in [5, 5.41) is 13.1. The average molecular weight is 256 g/mol. The first kappa shape index (κ1) is 15.9. The molecule has 1 saturated carbocycles. The Morgan fingerprint density at radius 1 is 1.39 bits per heavy atom. The third kappa shape index (κ3) is 4.52. The van der Waals surface area contributed by atoms with Gasteiger partial charge < -0.3 is 15.3 Å². The van der Waals surface area contributed by atoms with Crippen LogP contribution >= 0.6 is 0 Å². The Hall–Kier alpha value is -0.120. The zero-order valence-corrected chi connectivity index (χ0v) is 12.9. The second-order valence-electron chi connectivity index (χ2n) is 6.44. The van der Waals surface area contributed by atoms with Crippen molar-refractivity contribution in [3.05, 3.63) is 0 Å². The highest BCUT2D eigenvalue weighted by molar-refractivity contribution is 4.90. The van der Waals surface area contributed by atoms with E-state index in [2.05, 4.69) is 45.0 Å². The van der Waals surface area contributed by atoms with Crippen LogP contribution in [0.3, 0.4) is 0 Å². The molecule has 1 rings (SSSR count). The molecule has 2 N–H and O–H groups in total. The predicted molar refractivity (Wildman–Crippen MR) is 77.8 cm³/mol. The zero-order chi connectivity index (χ0) is 13.8. The highest BCUT2D eigenvalue weighted by Gasteiger charge is 2.34. The van der Waals surface area contributed by atoms with Crippen molar-refractivity contribution >= 4 is 0 Å². The molecule has 0 saturated heterocycles. The first-order chi connectivity index (χ1) is 8.43. The molecule has 0 aliphatic heterocycles. The molecule has 0 aromatic carbocycles. The highest BCUT2D eigenvalue weighted by atomic mass is 16.3. The fourth-order valence-electron chi connectivity index (χ4n) is 2.73. The number of rotatable bonds is 9. The maximum Gasteiger partial charge on any atom is 0.0611 e. The van der Waals surface area contributed by atoms with Gasteiger partial charge in [0, 0.05) is 17.6 Å². The van der Waals surface area contributed by atoms with Crippen LogP contribution in [-0.4, -0.2) is 47.8 Å². The number of nitrogens with zero attached hydrogens (tertiary/aromatic N) is 1. The highest BCUT2D eigenvalue weighted by Crippen LogP contribution is 2.35. The van der Waals surface area contributed by atoms with Gasteiger partial charge in [0.05, 0.1) is 6.61 Å². The van der Waals surface area contributed by atoms with E-state index in [0.717, 1.165) is 25.3 Å². The largest absolute Gasteiger partial charge is 0.394 e. The second-order valence-corrected chi connectivity index (χ2v) is 6.44. The second kappa shape index (κ2) is 6.88. The molecule has 3 atom stereocenters. The number of hydrogen-bond acceptors (Lipinski definition) is 3. The minimum atomic E-state index is -0.146. The molecule has 1 fully saturated rings. The maximum atomic E-state index is 9.62. The summed E-state index contributed by atoms with van der Waals surface area (Å²) in [6.07, 6.45) is 4.89. The molecule has 3 nitrogen and oxygen atoms in total. The standard InChI is InChI=1S/C15H32N2O/c1-6-9-16-15(4,11-18)10-12(2)17(5)13(3)14-7-8-14/h12-14,16,18H,6-11H2,1-5H3. The summed E-state index contributed by atoms with van der Waals surface area (Å²) >= 11 is 0. The van der Waals surface area contributed by atoms with Gasteiger partial charge in [-0.15, -0.1) is 0 Å². The van der Waals surface area contributed by atoms with Crippen molar-refractivity contribution in [3.63, 3.8) is 0 Å². The van der Waals surface area contributed by atoms with Crippen LogP contribution in [0.2, 0.25) is 0 Å². The van der Waals surface area contributed by atoms with Gasteiger partial charge in [-0.25, -0.2) is 0 Å². The number of hydrogen-bond donors (Lipinski definition) is 2. The van der Waals surface area contributed by atoms with Crippen molar-refractivity contribution < 1.29 is 5.11 Å². The minimum Gasteiger partial charge on any atom is -0.394 e. The molecule has 3 heteroatoms. The van der Waals surface area contributed by atoms with E-state index in [9.17, 15) is 5.11 Å². The fraction of sp³-hybridized carbons (Fsp3) is 1.00. The quantitative estimate of drug-likeness (QED) is 0.664. The van der Waals surface area contributed by atoms with Crippen LogP contribution in [0.4, 0.5) is 0 Å². The first-order valence-electron chi connectivity index (χ1n) is 7.51. The van der Waals surface area contributed by atoms with Crippen LogP contribution in [-0.2, 0) is 0 Å². The molecule has 0 radical (unpaired) electrons. The van der Waals surface area contributed by atoms with Crippen molar-refractivity contribution in [1.82, 2.24) is 10.2 Å². The summed E-state index contributed by atoms with van der Waals surface area (Å²) in [5.74, 6) is 0.904. The van der Waals surface area contributed by atoms with Crippen LogP contribution in [0.25, 0.3) is 0 Å². The lowest BCUT2D eigenvalue weighted by Gasteiger charge is -2.38. The van der Waals surface area contributed by atoms with Crippen molar-refractivity contribution in [1.29, 1.82) is 0 Å². The van der Waals surface area contributed by atoms with Gasteiger partial charge in [0.25, 0.3) is 0 Å². The van der Waals surface area contributed by atoms with Gasteiger partial charge in [0.1, 0.15) is 0 Å². The van der Waals surface area contributed by atoms with Crippen molar-refractivity contribution in [2.24, 2.45) is 5.92 Å². The van der Waals surface area contributed by atoms with Gasteiger partial charge in [-0.1, -0.05) is 6.92 Å². The molecule has 1 aliphatic carbocycles. The Morgan fingerprint density at radius 3 is 2.44 bits per heavy atom. The molecule has 0 bridgehead atoms. The molecule has 1 aliphatic rings. The predicted octanol–water partition coefficient (Wildman–Crippen LogP) is 2.25. The molecule has 3 unspecified atom stereocenters. The van der Waals surface area contributed by atoms with Gasteiger partial charge in [-0.3, -0.25) is 0 Å². The lowest BCUT2D eigenvalue weighted by molar-refractivity contribution is 0.104. The maximum absolute atomic E-state index is 9.62. The lowest BCUT2D eigenvalue weighted by Crippen LogP contribution is -2.51. The van der Waals surface area contributed by atoms with E-state index < -0.39 is 0 Å². The zero-order valence-electron chi connectivity index (χ0n) is 12.9. The molecule has 18 heavy (non-hydrogen) atoms. The summed E-state index contributed by atoms with van der Waals surface area (Å²) in [6, 6.07) is 1.18. The lowest BCUT2D eigenvalue weighted by atomic mass is 9.93. The van der Waals surface area contributed by atoms with E-state index in [-0.39, 0.29) is 12.1 Å². The van der Waals surface area contributed by atoms with E-state index in [0.29, 0.717) is 12.1 Å². The summed E-state index contributed by atoms with van der Waals surface area (Å²) in [6.45, 7) is 10.1. The summed E-state index contributed by atoms with van der Waals surface area (Å²) in [7, 11) is 2.23. The Labute approximate surface area is 113 Å². The monoisotopic (exact) mass is 256 g/mol. The Bertz CT molecular complexity index is 243. The number of aliphatic hydroxyl groups is 1. The third-order valence-electron chi connectivity index (χ3n) is 4.54. The smallest absolute Gasteiger partial charge is 0.0611 e. The Kier molecular flexibility index (Phi) is 6.09. The van der Waals surface area contributed by atoms with Crippen LogP contribution in [0, 0.1) is 5.92 Å². The van der Waals surface area contributed by atoms with E-state index in [1.807, 2.05) is 0 Å². The Morgan fingerprint density at radius 2 is 2.00 bits per heavy atom. The Balaban J connectivity index is 2.46. The normalized spacial score (nSPS) is 22.8. The summed E-state index contributed by atoms with van der Waals surface area (Å²) < 4.78 is 0. The molecule has 108 valence electrons. The van der Waals surface area contributed by atoms with E-state index in [1.54, 1.807) is 0 Å². The fourth-order valence-corrected chi connectivity index (χ4v) is 2.73. The van der Waals surface area contributed by atoms with Crippen LogP contribution < -0.4 is 5.32 Å². The van der Waals surface area contributed by atoms with Crippen LogP contribution in [0.15, 0.2) is 0 Å². The molecule has 0 aromatic rings. The van der Waals surface area contributed by atoms with Crippen molar-refractivity contribution in [2.45, 2.75) is 71.0 Å². The van der Waals surface area contributed by atoms with Gasteiger partial charge in [0.2, 0.25) is 0 Å². The van der Waals surface area contributed by atoms with Gasteiger partial charge in [-0.05, 0) is 66.0 Å². The molecule has 0 aromatic heterocycles. The topological polar surface area (TPSA) is 35.5 Å². The van der Waals surface area contributed by atoms with Gasteiger partial charge >= 0.3 is 0 Å². The third-order valence-corrected chi connectivity index (χ3v) is 4.54. The van der Waals surface area contributed by atoms with Gasteiger partial charge in [0.15, 0.2) is 0 Å². The van der Waals surface area contributed by atoms with E-state index in [4.69, 9.17) is 0 Å². The first-order valence-corrected chi connectivity index (χ1v) is 7.51. The van der Waals surface area contributed by atoms with Crippen molar-refractivity contribution in [2.75, 3.05) is 20.2 Å². The van der Waals surface area contributed by atoms with E-state index >= 15 is 0 Å². The van der Waals surface area contributed by atoms with Crippen molar-refractivity contribution in [3.8, 4) is 0 Å². The SMILES string of the molecule is CCCNC(C)(CO)CC(C)N(C)C(C)C1CC1. The molecule has 0 spiro atoms. The number of aliphatic hydroxyl groups excluding tert-OH is 1. The number of nitrogens with one attached hydrogen (secondary N) is 1. The molecular formula is C15H32N2O. The van der Waals surface area contributed by atoms with Gasteiger partial charge in [-0.2, -0.15) is 0 Å². The summed E-state index contributed by atoms with van der Waals surface area (Å²) in [5.41, 5.74) is -0.146. The van der Waals surface area contributed by atoms with E-state index in [1.165, 1.54) is 12.8 Å². The van der Waals surface area contributed by atoms with Crippen LogP contribution in [0.5, 0.6) is 0 Å².